The van der Waals surface area contributed by atoms with Gasteiger partial charge in [0.2, 0.25) is 10.0 Å². The number of hydrogen-bond donors (Lipinski definition) is 3. The number of anilines is 3. The molecule has 1 aromatic carbocycles. The first-order valence-corrected chi connectivity index (χ1v) is 9.31. The van der Waals surface area contributed by atoms with Crippen LogP contribution in [0.25, 0.3) is 0 Å². The molecule has 2 rings (SSSR count). The molecule has 116 valence electrons. The largest absolute Gasteiger partial charge is 0.482 e. The molecule has 0 unspecified atom stereocenters. The average molecular weight is 335 g/mol. The van der Waals surface area contributed by atoms with Crippen molar-refractivity contribution in [3.8, 4) is 5.75 Å². The Bertz CT molecular complexity index is 800. The quantitative estimate of drug-likeness (QED) is 0.619. The predicted molar refractivity (Wildman–Crippen MR) is 77.2 cm³/mol. The molecule has 1 aromatic rings. The number of benzene rings is 1. The van der Waals surface area contributed by atoms with E-state index < -0.39 is 30.9 Å². The highest BCUT2D eigenvalue weighted by Crippen LogP contribution is 2.35. The number of carbonyl (C=O) groups excluding carboxylic acids is 1. The summed E-state index contributed by atoms with van der Waals surface area (Å²) in [4.78, 5) is 11.2. The summed E-state index contributed by atoms with van der Waals surface area (Å²) in [5.74, 6) is -0.0876. The van der Waals surface area contributed by atoms with Crippen molar-refractivity contribution >= 4 is 42.8 Å². The fourth-order valence-electron chi connectivity index (χ4n) is 1.71. The van der Waals surface area contributed by atoms with Crippen molar-refractivity contribution in [1.29, 1.82) is 0 Å². The summed E-state index contributed by atoms with van der Waals surface area (Å²) in [5, 5.41) is 1.42. The molecule has 1 aliphatic rings. The Hall–Kier alpha value is -2.01. The number of nitrogen functional groups attached to an aromatic ring is 1. The fraction of sp³-hybridized carbons (Fsp3) is 0.300. The lowest BCUT2D eigenvalue weighted by Gasteiger charge is -2.20. The number of nitrogens with two attached hydrogens (primary N) is 1. The summed E-state index contributed by atoms with van der Waals surface area (Å²) < 4.78 is 52.8. The highest BCUT2D eigenvalue weighted by molar-refractivity contribution is 8.08. The zero-order chi connectivity index (χ0) is 15.8. The molecule has 0 aromatic heterocycles. The van der Waals surface area contributed by atoms with Crippen molar-refractivity contribution in [2.75, 3.05) is 33.7 Å². The molecule has 0 bridgehead atoms. The number of nitrogens with one attached hydrogen (secondary N) is 2. The number of ether oxygens (including phenoxy) is 1. The van der Waals surface area contributed by atoms with Gasteiger partial charge in [-0.15, -0.1) is 0 Å². The molecule has 9 nitrogen and oxygen atoms in total. The number of rotatable bonds is 4. The summed E-state index contributed by atoms with van der Waals surface area (Å²) >= 11 is 0. The van der Waals surface area contributed by atoms with E-state index in [9.17, 15) is 21.6 Å². The van der Waals surface area contributed by atoms with Crippen LogP contribution >= 0.6 is 0 Å². The van der Waals surface area contributed by atoms with E-state index in [0.717, 1.165) is 6.26 Å². The van der Waals surface area contributed by atoms with Gasteiger partial charge in [-0.2, -0.15) is 0 Å². The smallest absolute Gasteiger partial charge is 0.262 e. The fourth-order valence-corrected chi connectivity index (χ4v) is 4.71. The first-order chi connectivity index (χ1) is 9.56. The lowest BCUT2D eigenvalue weighted by atomic mass is 10.2. The zero-order valence-corrected chi connectivity index (χ0v) is 12.5. The minimum absolute atomic E-state index is 0.0387. The third-order valence-corrected chi connectivity index (χ3v) is 5.90. The van der Waals surface area contributed by atoms with Crippen LogP contribution < -0.4 is 20.5 Å². The molecule has 0 atom stereocenters. The Morgan fingerprint density at radius 3 is 2.62 bits per heavy atom. The molecule has 0 radical (unpaired) electrons. The molecule has 0 aliphatic carbocycles. The maximum atomic E-state index is 11.7. The Balaban J connectivity index is 2.33. The minimum Gasteiger partial charge on any atom is -0.482 e. The molecule has 21 heavy (non-hydrogen) atoms. The van der Waals surface area contributed by atoms with Crippen molar-refractivity contribution in [3.63, 3.8) is 0 Å². The minimum atomic E-state index is -4.13. The van der Waals surface area contributed by atoms with E-state index in [2.05, 4.69) is 10.0 Å². The monoisotopic (exact) mass is 335 g/mol. The molecule has 0 saturated heterocycles. The summed E-state index contributed by atoms with van der Waals surface area (Å²) in [6.45, 7) is -0.161. The molecule has 4 N–H and O–H groups in total. The van der Waals surface area contributed by atoms with Gasteiger partial charge < -0.3 is 15.8 Å². The first kappa shape index (κ1) is 15.4. The van der Waals surface area contributed by atoms with E-state index in [0.29, 0.717) is 5.75 Å². The van der Waals surface area contributed by atoms with Crippen LogP contribution in [0, 0.1) is 0 Å². The molecule has 1 aliphatic heterocycles. The van der Waals surface area contributed by atoms with E-state index in [4.69, 9.17) is 10.5 Å². The summed E-state index contributed by atoms with van der Waals surface area (Å²) in [5.41, 5.74) is 5.93. The highest BCUT2D eigenvalue weighted by Gasteiger charge is 2.22. The summed E-state index contributed by atoms with van der Waals surface area (Å²) in [6, 6.07) is 2.61. The van der Waals surface area contributed by atoms with Crippen LogP contribution in [-0.2, 0) is 24.7 Å². The van der Waals surface area contributed by atoms with Gasteiger partial charge >= 0.3 is 0 Å². The molecule has 1 amide bonds. The van der Waals surface area contributed by atoms with Crippen LogP contribution in [0.4, 0.5) is 17.1 Å². The Morgan fingerprint density at radius 2 is 2.00 bits per heavy atom. The van der Waals surface area contributed by atoms with E-state index in [1.807, 2.05) is 0 Å². The third kappa shape index (κ3) is 3.98. The zero-order valence-electron chi connectivity index (χ0n) is 10.9. The van der Waals surface area contributed by atoms with E-state index in [-0.39, 0.29) is 23.7 Å². The number of fused-ring (bicyclic) bond motifs is 1. The second kappa shape index (κ2) is 5.07. The topological polar surface area (TPSA) is 145 Å². The molecule has 0 fully saturated rings. The van der Waals surface area contributed by atoms with Crippen LogP contribution in [-0.4, -0.2) is 40.7 Å². The van der Waals surface area contributed by atoms with Gasteiger partial charge in [0, 0.05) is 12.3 Å². The van der Waals surface area contributed by atoms with Gasteiger partial charge in [0.05, 0.1) is 17.1 Å². The lowest BCUT2D eigenvalue weighted by Crippen LogP contribution is -2.26. The summed E-state index contributed by atoms with van der Waals surface area (Å²) in [7, 11) is -7.85. The van der Waals surface area contributed by atoms with Crippen LogP contribution in [0.5, 0.6) is 5.75 Å². The van der Waals surface area contributed by atoms with Crippen molar-refractivity contribution in [2.24, 2.45) is 0 Å². The van der Waals surface area contributed by atoms with Gasteiger partial charge in [0.15, 0.2) is 21.5 Å². The maximum absolute atomic E-state index is 11.7. The van der Waals surface area contributed by atoms with Gasteiger partial charge in [-0.05, 0) is 6.07 Å². The van der Waals surface area contributed by atoms with Crippen molar-refractivity contribution in [2.45, 2.75) is 0 Å². The van der Waals surface area contributed by atoms with Gasteiger partial charge in [0.25, 0.3) is 5.91 Å². The second-order valence-electron chi connectivity index (χ2n) is 4.53. The van der Waals surface area contributed by atoms with Gasteiger partial charge in [-0.25, -0.2) is 16.8 Å². The molecule has 0 spiro atoms. The number of hydrogen-bond acceptors (Lipinski definition) is 7. The predicted octanol–water partition coefficient (Wildman–Crippen LogP) is -0.656. The Morgan fingerprint density at radius 1 is 1.33 bits per heavy atom. The molecule has 1 heterocycles. The highest BCUT2D eigenvalue weighted by atomic mass is 32.3. The van der Waals surface area contributed by atoms with Gasteiger partial charge in [-0.3, -0.25) is 9.52 Å². The van der Waals surface area contributed by atoms with E-state index >= 15 is 0 Å². The molecular weight excluding hydrogens is 322 g/mol. The lowest BCUT2D eigenvalue weighted by molar-refractivity contribution is -0.118. The van der Waals surface area contributed by atoms with Crippen LogP contribution in [0.15, 0.2) is 12.1 Å². The van der Waals surface area contributed by atoms with E-state index in [1.165, 1.54) is 12.1 Å². The number of sulfone groups is 1. The Kier molecular flexibility index (Phi) is 3.72. The maximum Gasteiger partial charge on any atom is 0.262 e. The Labute approximate surface area is 121 Å². The molecule has 0 saturated carbocycles. The second-order valence-corrected chi connectivity index (χ2v) is 8.76. The van der Waals surface area contributed by atoms with Crippen molar-refractivity contribution in [3.05, 3.63) is 12.1 Å². The molecule has 11 heteroatoms. The average Bonchev–Trinajstić information content (AvgIpc) is 2.27. The first-order valence-electron chi connectivity index (χ1n) is 5.60. The third-order valence-electron chi connectivity index (χ3n) is 2.42. The van der Waals surface area contributed by atoms with Crippen molar-refractivity contribution in [1.82, 2.24) is 0 Å². The van der Waals surface area contributed by atoms with Crippen molar-refractivity contribution < 1.29 is 26.4 Å². The standard InChI is InChI=1S/C10H13N3O6S2/c1-20(15,16)5-21(17,18)13-7-3-8-9(2-6(7)11)19-4-10(14)12-8/h2-3,13H,4-5,11H2,1H3,(H,12,14). The number of carbonyl (C=O) groups is 1. The van der Waals surface area contributed by atoms with Gasteiger partial charge in [0.1, 0.15) is 5.75 Å². The SMILES string of the molecule is CS(=O)(=O)CS(=O)(=O)Nc1cc2c(cc1N)OCC(=O)N2. The van der Waals surface area contributed by atoms with E-state index in [1.54, 1.807) is 0 Å². The number of amides is 1. The number of sulfonamides is 1. The van der Waals surface area contributed by atoms with Gasteiger partial charge in [-0.1, -0.05) is 0 Å². The van der Waals surface area contributed by atoms with Crippen LogP contribution in [0.2, 0.25) is 0 Å². The summed E-state index contributed by atoms with van der Waals surface area (Å²) in [6.07, 6.45) is 0.802. The van der Waals surface area contributed by atoms with Crippen LogP contribution in [0.3, 0.4) is 0 Å². The normalized spacial score (nSPS) is 14.8. The van der Waals surface area contributed by atoms with Crippen LogP contribution in [0.1, 0.15) is 0 Å². The molecular formula is C10H13N3O6S2.